The summed E-state index contributed by atoms with van der Waals surface area (Å²) in [5, 5.41) is 10.5. The van der Waals surface area contributed by atoms with E-state index in [0.29, 0.717) is 0 Å². The molecule has 1 aliphatic carbocycles. The molecule has 0 bridgehead atoms. The van der Waals surface area contributed by atoms with Crippen LogP contribution in [0.2, 0.25) is 0 Å². The second kappa shape index (κ2) is 9.81. The topological polar surface area (TPSA) is 64.7 Å². The van der Waals surface area contributed by atoms with Gasteiger partial charge in [-0.2, -0.15) is 0 Å². The number of ether oxygens (including phenoxy) is 2. The number of aryl methyl sites for hydroxylation is 1. The number of aliphatic hydroxyl groups excluding tert-OH is 1. The van der Waals surface area contributed by atoms with Gasteiger partial charge in [-0.05, 0) is 60.9 Å². The lowest BCUT2D eigenvalue weighted by Crippen LogP contribution is -2.45. The van der Waals surface area contributed by atoms with Gasteiger partial charge in [0.2, 0.25) is 0 Å². The molecule has 3 rings (SSSR count). The van der Waals surface area contributed by atoms with Crippen molar-refractivity contribution >= 4 is 12.4 Å². The average Bonchev–Trinajstić information content (AvgIpc) is 2.88. The van der Waals surface area contributed by atoms with Gasteiger partial charge >= 0.3 is 0 Å². The largest absolute Gasteiger partial charge is 0.496 e. The summed E-state index contributed by atoms with van der Waals surface area (Å²) in [6, 6.07) is 15.4. The first-order valence-electron chi connectivity index (χ1n) is 8.95. The van der Waals surface area contributed by atoms with Crippen molar-refractivity contribution in [3.8, 4) is 11.5 Å². The SMILES string of the molecule is COc1cccc2c1CC(C(N)[C@H](O)COc1ccccc1)CCC2.Cl. The molecule has 0 spiro atoms. The molecule has 5 heteroatoms. The maximum Gasteiger partial charge on any atom is 0.122 e. The van der Waals surface area contributed by atoms with Gasteiger partial charge in [0.15, 0.2) is 0 Å². The number of hydrogen-bond donors (Lipinski definition) is 2. The molecule has 3 atom stereocenters. The van der Waals surface area contributed by atoms with Gasteiger partial charge in [-0.15, -0.1) is 12.4 Å². The molecular formula is C21H28ClNO3. The van der Waals surface area contributed by atoms with E-state index in [9.17, 15) is 5.11 Å². The summed E-state index contributed by atoms with van der Waals surface area (Å²) in [6.07, 6.45) is 3.25. The number of benzene rings is 2. The van der Waals surface area contributed by atoms with Crippen molar-refractivity contribution in [1.29, 1.82) is 0 Å². The minimum atomic E-state index is -0.693. The lowest BCUT2D eigenvalue weighted by Gasteiger charge is -2.27. The van der Waals surface area contributed by atoms with Crippen LogP contribution in [0.15, 0.2) is 48.5 Å². The molecule has 0 saturated heterocycles. The van der Waals surface area contributed by atoms with Gasteiger partial charge in [-0.25, -0.2) is 0 Å². The van der Waals surface area contributed by atoms with Crippen LogP contribution in [0, 0.1) is 5.92 Å². The fraction of sp³-hybridized carbons (Fsp3) is 0.429. The van der Waals surface area contributed by atoms with E-state index in [1.54, 1.807) is 7.11 Å². The summed E-state index contributed by atoms with van der Waals surface area (Å²) < 4.78 is 11.2. The predicted octanol–water partition coefficient (Wildman–Crippen LogP) is 3.38. The summed E-state index contributed by atoms with van der Waals surface area (Å²) in [6.45, 7) is 0.209. The first-order chi connectivity index (χ1) is 12.2. The summed E-state index contributed by atoms with van der Waals surface area (Å²) in [5.41, 5.74) is 8.98. The highest BCUT2D eigenvalue weighted by molar-refractivity contribution is 5.85. The number of rotatable bonds is 6. The molecule has 2 unspecified atom stereocenters. The molecule has 0 fully saturated rings. The molecule has 142 valence electrons. The van der Waals surface area contributed by atoms with E-state index >= 15 is 0 Å². The maximum atomic E-state index is 10.5. The molecule has 2 aromatic carbocycles. The summed E-state index contributed by atoms with van der Waals surface area (Å²) in [5.74, 6) is 1.89. The Morgan fingerprint density at radius 2 is 1.92 bits per heavy atom. The second-order valence-corrected chi connectivity index (χ2v) is 6.72. The van der Waals surface area contributed by atoms with Crippen molar-refractivity contribution in [2.24, 2.45) is 11.7 Å². The Balaban J connectivity index is 0.00000243. The number of hydrogen-bond acceptors (Lipinski definition) is 4. The number of halogens is 1. The highest BCUT2D eigenvalue weighted by Gasteiger charge is 2.29. The first kappa shape index (κ1) is 20.6. The van der Waals surface area contributed by atoms with Crippen molar-refractivity contribution < 1.29 is 14.6 Å². The lowest BCUT2D eigenvalue weighted by atomic mass is 9.87. The Bertz CT molecular complexity index is 680. The molecule has 0 radical (unpaired) electrons. The quantitative estimate of drug-likeness (QED) is 0.757. The van der Waals surface area contributed by atoms with E-state index in [0.717, 1.165) is 37.2 Å². The Morgan fingerprint density at radius 1 is 1.15 bits per heavy atom. The van der Waals surface area contributed by atoms with E-state index in [-0.39, 0.29) is 31.0 Å². The number of methoxy groups -OCH3 is 1. The Morgan fingerprint density at radius 3 is 2.65 bits per heavy atom. The molecule has 0 aliphatic heterocycles. The number of aliphatic hydroxyl groups is 1. The third-order valence-electron chi connectivity index (χ3n) is 5.09. The van der Waals surface area contributed by atoms with Crippen LogP contribution in [-0.2, 0) is 12.8 Å². The van der Waals surface area contributed by atoms with Gasteiger partial charge in [0.1, 0.15) is 24.2 Å². The Hall–Kier alpha value is -1.75. The van der Waals surface area contributed by atoms with Crippen LogP contribution in [-0.4, -0.2) is 31.0 Å². The minimum absolute atomic E-state index is 0. The number of nitrogens with two attached hydrogens (primary N) is 1. The van der Waals surface area contributed by atoms with E-state index in [2.05, 4.69) is 6.07 Å². The van der Waals surface area contributed by atoms with Gasteiger partial charge in [-0.3, -0.25) is 0 Å². The van der Waals surface area contributed by atoms with E-state index in [1.807, 2.05) is 42.5 Å². The Kier molecular flexibility index (Phi) is 7.76. The van der Waals surface area contributed by atoms with Crippen molar-refractivity contribution in [1.82, 2.24) is 0 Å². The number of fused-ring (bicyclic) bond motifs is 1. The van der Waals surface area contributed by atoms with E-state index < -0.39 is 6.10 Å². The van der Waals surface area contributed by atoms with Crippen molar-refractivity contribution in [2.45, 2.75) is 37.8 Å². The van der Waals surface area contributed by atoms with Crippen LogP contribution in [0.25, 0.3) is 0 Å². The van der Waals surface area contributed by atoms with Crippen LogP contribution in [0.4, 0.5) is 0 Å². The van der Waals surface area contributed by atoms with Crippen LogP contribution >= 0.6 is 12.4 Å². The van der Waals surface area contributed by atoms with Gasteiger partial charge in [0.25, 0.3) is 0 Å². The van der Waals surface area contributed by atoms with Crippen LogP contribution in [0.1, 0.15) is 24.0 Å². The standard InChI is InChI=1S/C21H27NO3.ClH/c1-24-20-12-6-8-15-7-5-9-16(13-18(15)20)21(22)19(23)14-25-17-10-3-2-4-11-17;/h2-4,6,8,10-12,16,19,21,23H,5,7,9,13-14,22H2,1H3;1H/t16?,19-,21?;/m1./s1. The monoisotopic (exact) mass is 377 g/mol. The molecule has 1 aliphatic rings. The predicted molar refractivity (Wildman–Crippen MR) is 106 cm³/mol. The molecule has 26 heavy (non-hydrogen) atoms. The zero-order chi connectivity index (χ0) is 17.6. The fourth-order valence-corrected chi connectivity index (χ4v) is 3.64. The molecule has 0 heterocycles. The highest BCUT2D eigenvalue weighted by atomic mass is 35.5. The zero-order valence-corrected chi connectivity index (χ0v) is 16.0. The van der Waals surface area contributed by atoms with Crippen LogP contribution < -0.4 is 15.2 Å². The molecule has 3 N–H and O–H groups in total. The van der Waals surface area contributed by atoms with E-state index in [1.165, 1.54) is 11.1 Å². The van der Waals surface area contributed by atoms with Crippen molar-refractivity contribution in [2.75, 3.05) is 13.7 Å². The fourth-order valence-electron chi connectivity index (χ4n) is 3.64. The molecule has 0 saturated carbocycles. The molecule has 4 nitrogen and oxygen atoms in total. The number of para-hydroxylation sites is 1. The lowest BCUT2D eigenvalue weighted by molar-refractivity contribution is 0.0644. The molecule has 0 aromatic heterocycles. The summed E-state index contributed by atoms with van der Waals surface area (Å²) >= 11 is 0. The van der Waals surface area contributed by atoms with Crippen LogP contribution in [0.3, 0.4) is 0 Å². The third-order valence-corrected chi connectivity index (χ3v) is 5.09. The zero-order valence-electron chi connectivity index (χ0n) is 15.1. The normalized spacial score (nSPS) is 18.7. The van der Waals surface area contributed by atoms with Gasteiger partial charge in [0, 0.05) is 6.04 Å². The van der Waals surface area contributed by atoms with Gasteiger partial charge in [-0.1, -0.05) is 30.3 Å². The second-order valence-electron chi connectivity index (χ2n) is 6.72. The van der Waals surface area contributed by atoms with Gasteiger partial charge < -0.3 is 20.3 Å². The highest BCUT2D eigenvalue weighted by Crippen LogP contribution is 2.32. The van der Waals surface area contributed by atoms with Gasteiger partial charge in [0.05, 0.1) is 7.11 Å². The van der Waals surface area contributed by atoms with Crippen LogP contribution in [0.5, 0.6) is 11.5 Å². The summed E-state index contributed by atoms with van der Waals surface area (Å²) in [4.78, 5) is 0. The Labute approximate surface area is 161 Å². The third kappa shape index (κ3) is 4.91. The first-order valence-corrected chi connectivity index (χ1v) is 8.95. The molecule has 0 amide bonds. The molecule has 2 aromatic rings. The minimum Gasteiger partial charge on any atom is -0.496 e. The summed E-state index contributed by atoms with van der Waals surface area (Å²) in [7, 11) is 1.71. The van der Waals surface area contributed by atoms with E-state index in [4.69, 9.17) is 15.2 Å². The smallest absolute Gasteiger partial charge is 0.122 e. The molecular weight excluding hydrogens is 350 g/mol. The van der Waals surface area contributed by atoms with Crippen molar-refractivity contribution in [3.05, 3.63) is 59.7 Å². The van der Waals surface area contributed by atoms with Crippen molar-refractivity contribution in [3.63, 3.8) is 0 Å². The average molecular weight is 378 g/mol. The maximum absolute atomic E-state index is 10.5.